The molecule has 0 aliphatic heterocycles. The summed E-state index contributed by atoms with van der Waals surface area (Å²) in [6.07, 6.45) is 10.2. The van der Waals surface area contributed by atoms with E-state index in [1.165, 1.54) is 25.7 Å². The van der Waals surface area contributed by atoms with E-state index in [4.69, 9.17) is 0 Å². The highest BCUT2D eigenvalue weighted by molar-refractivity contribution is 5.53. The molecule has 0 atom stereocenters. The second-order valence-electron chi connectivity index (χ2n) is 5.38. The molecule has 2 rings (SSSR count). The molecule has 0 unspecified atom stereocenters. The third kappa shape index (κ3) is 2.81. The molecule has 2 saturated carbocycles. The lowest BCUT2D eigenvalue weighted by Gasteiger charge is -2.35. The Kier molecular flexibility index (Phi) is 3.79. The summed E-state index contributed by atoms with van der Waals surface area (Å²) in [7, 11) is 0. The smallest absolute Gasteiger partial charge is 0.123 e. The lowest BCUT2D eigenvalue weighted by Crippen LogP contribution is -2.27. The molecule has 0 radical (unpaired) electrons. The second kappa shape index (κ2) is 5.11. The van der Waals surface area contributed by atoms with E-state index in [2.05, 4.69) is 0 Å². The van der Waals surface area contributed by atoms with Crippen molar-refractivity contribution in [2.45, 2.75) is 57.5 Å². The molecular weight excluding hydrogens is 188 g/mol. The Bertz CT molecular complexity index is 199. The Labute approximate surface area is 92.1 Å². The molecule has 1 N–H and O–H groups in total. The number of carbonyl (C=O) groups is 1. The molecule has 2 aliphatic carbocycles. The quantitative estimate of drug-likeness (QED) is 0.711. The van der Waals surface area contributed by atoms with Crippen molar-refractivity contribution < 1.29 is 9.90 Å². The minimum atomic E-state index is -0.0347. The Morgan fingerprint density at radius 1 is 0.800 bits per heavy atom. The molecule has 2 heteroatoms. The Morgan fingerprint density at radius 3 is 1.73 bits per heavy atom. The van der Waals surface area contributed by atoms with Crippen molar-refractivity contribution >= 4 is 6.29 Å². The van der Waals surface area contributed by atoms with E-state index in [1.807, 2.05) is 0 Å². The van der Waals surface area contributed by atoms with Crippen LogP contribution in [0.4, 0.5) is 0 Å². The molecule has 0 bridgehead atoms. The van der Waals surface area contributed by atoms with E-state index in [0.29, 0.717) is 5.92 Å². The number of aldehydes is 1. The van der Waals surface area contributed by atoms with Gasteiger partial charge in [0.25, 0.3) is 0 Å². The zero-order valence-electron chi connectivity index (χ0n) is 9.40. The summed E-state index contributed by atoms with van der Waals surface area (Å²) in [6.45, 7) is 0. The summed E-state index contributed by atoms with van der Waals surface area (Å²) in [5.74, 6) is 2.02. The van der Waals surface area contributed by atoms with Crippen LogP contribution in [0.5, 0.6) is 0 Å². The highest BCUT2D eigenvalue weighted by Crippen LogP contribution is 2.39. The third-order valence-corrected chi connectivity index (χ3v) is 4.42. The number of aliphatic hydroxyl groups excluding tert-OH is 1. The van der Waals surface area contributed by atoms with Crippen molar-refractivity contribution in [2.75, 3.05) is 0 Å². The lowest BCUT2D eigenvalue weighted by molar-refractivity contribution is -0.112. The van der Waals surface area contributed by atoms with E-state index in [-0.39, 0.29) is 6.10 Å². The maximum Gasteiger partial charge on any atom is 0.123 e. The van der Waals surface area contributed by atoms with Crippen molar-refractivity contribution in [1.29, 1.82) is 0 Å². The van der Waals surface area contributed by atoms with Crippen molar-refractivity contribution in [3.63, 3.8) is 0 Å². The van der Waals surface area contributed by atoms with E-state index >= 15 is 0 Å². The largest absolute Gasteiger partial charge is 0.393 e. The predicted octanol–water partition coefficient (Wildman–Crippen LogP) is 2.54. The van der Waals surface area contributed by atoms with Crippen molar-refractivity contribution in [3.8, 4) is 0 Å². The monoisotopic (exact) mass is 210 g/mol. The molecule has 15 heavy (non-hydrogen) atoms. The molecule has 2 aliphatic rings. The van der Waals surface area contributed by atoms with E-state index < -0.39 is 0 Å². The van der Waals surface area contributed by atoms with Gasteiger partial charge in [0.1, 0.15) is 6.29 Å². The first-order valence-electron chi connectivity index (χ1n) is 6.43. The van der Waals surface area contributed by atoms with Crippen LogP contribution in [-0.4, -0.2) is 17.5 Å². The predicted molar refractivity (Wildman–Crippen MR) is 59.5 cm³/mol. The van der Waals surface area contributed by atoms with Gasteiger partial charge in [0.2, 0.25) is 0 Å². The molecule has 0 amide bonds. The highest BCUT2D eigenvalue weighted by Gasteiger charge is 2.29. The topological polar surface area (TPSA) is 37.3 Å². The first-order valence-corrected chi connectivity index (χ1v) is 6.43. The number of hydrogen-bond donors (Lipinski definition) is 1. The maximum absolute atomic E-state index is 10.7. The Balaban J connectivity index is 1.78. The van der Waals surface area contributed by atoms with Crippen LogP contribution in [0.1, 0.15) is 51.4 Å². The minimum absolute atomic E-state index is 0.0347. The van der Waals surface area contributed by atoms with Crippen molar-refractivity contribution in [2.24, 2.45) is 17.8 Å². The van der Waals surface area contributed by atoms with E-state index in [9.17, 15) is 9.90 Å². The normalized spacial score (nSPS) is 42.5. The van der Waals surface area contributed by atoms with Gasteiger partial charge in [-0.2, -0.15) is 0 Å². The number of carbonyl (C=O) groups excluding carboxylic acids is 1. The fraction of sp³-hybridized carbons (Fsp3) is 0.923. The fourth-order valence-electron chi connectivity index (χ4n) is 3.33. The van der Waals surface area contributed by atoms with Gasteiger partial charge in [0.15, 0.2) is 0 Å². The van der Waals surface area contributed by atoms with Gasteiger partial charge in [-0.15, -0.1) is 0 Å². The lowest BCUT2D eigenvalue weighted by atomic mass is 9.71. The zero-order valence-corrected chi connectivity index (χ0v) is 9.40. The maximum atomic E-state index is 10.7. The van der Waals surface area contributed by atoms with Crippen LogP contribution in [0.15, 0.2) is 0 Å². The van der Waals surface area contributed by atoms with Crippen LogP contribution < -0.4 is 0 Å². The SMILES string of the molecule is O=CC1CCC(C2CCC(O)CC2)CC1. The zero-order chi connectivity index (χ0) is 10.7. The van der Waals surface area contributed by atoms with Crippen LogP contribution in [0.3, 0.4) is 0 Å². The summed E-state index contributed by atoms with van der Waals surface area (Å²) in [5, 5.41) is 9.46. The van der Waals surface area contributed by atoms with Gasteiger partial charge in [0, 0.05) is 5.92 Å². The summed E-state index contributed by atoms with van der Waals surface area (Å²) in [4.78, 5) is 10.7. The molecular formula is C13H22O2. The molecule has 0 heterocycles. The number of hydrogen-bond acceptors (Lipinski definition) is 2. The van der Waals surface area contributed by atoms with E-state index in [0.717, 1.165) is 43.8 Å². The summed E-state index contributed by atoms with van der Waals surface area (Å²) < 4.78 is 0. The third-order valence-electron chi connectivity index (χ3n) is 4.42. The molecule has 0 saturated heterocycles. The first-order chi connectivity index (χ1) is 7.29. The van der Waals surface area contributed by atoms with Crippen LogP contribution in [0, 0.1) is 17.8 Å². The first kappa shape index (κ1) is 11.1. The highest BCUT2D eigenvalue weighted by atomic mass is 16.3. The van der Waals surface area contributed by atoms with Crippen LogP contribution in [0.2, 0.25) is 0 Å². The van der Waals surface area contributed by atoms with Gasteiger partial charge in [-0.1, -0.05) is 0 Å². The molecule has 0 aromatic rings. The van der Waals surface area contributed by atoms with Gasteiger partial charge < -0.3 is 9.90 Å². The van der Waals surface area contributed by atoms with Crippen molar-refractivity contribution in [3.05, 3.63) is 0 Å². The van der Waals surface area contributed by atoms with Gasteiger partial charge >= 0.3 is 0 Å². The van der Waals surface area contributed by atoms with Crippen LogP contribution in [0.25, 0.3) is 0 Å². The Morgan fingerprint density at radius 2 is 1.27 bits per heavy atom. The van der Waals surface area contributed by atoms with Gasteiger partial charge in [-0.3, -0.25) is 0 Å². The van der Waals surface area contributed by atoms with Crippen molar-refractivity contribution in [1.82, 2.24) is 0 Å². The van der Waals surface area contributed by atoms with Gasteiger partial charge in [-0.05, 0) is 63.2 Å². The van der Waals surface area contributed by atoms with Gasteiger partial charge in [0.05, 0.1) is 6.10 Å². The summed E-state index contributed by atoms with van der Waals surface area (Å²) in [5.41, 5.74) is 0. The fourth-order valence-corrected chi connectivity index (χ4v) is 3.33. The van der Waals surface area contributed by atoms with E-state index in [1.54, 1.807) is 0 Å². The Hall–Kier alpha value is -0.370. The van der Waals surface area contributed by atoms with Crippen LogP contribution in [-0.2, 0) is 4.79 Å². The molecule has 0 aromatic carbocycles. The van der Waals surface area contributed by atoms with Gasteiger partial charge in [-0.25, -0.2) is 0 Å². The number of rotatable bonds is 2. The molecule has 0 spiro atoms. The minimum Gasteiger partial charge on any atom is -0.393 e. The molecule has 86 valence electrons. The summed E-state index contributed by atoms with van der Waals surface area (Å²) >= 11 is 0. The second-order valence-corrected chi connectivity index (χ2v) is 5.38. The summed E-state index contributed by atoms with van der Waals surface area (Å²) in [6, 6.07) is 0. The number of aliphatic hydroxyl groups is 1. The molecule has 2 nitrogen and oxygen atoms in total. The average Bonchev–Trinajstić information content (AvgIpc) is 2.30. The molecule has 0 aromatic heterocycles. The molecule has 2 fully saturated rings. The van der Waals surface area contributed by atoms with Crippen LogP contribution >= 0.6 is 0 Å². The standard InChI is InChI=1S/C13H22O2/c14-9-10-1-3-11(4-2-10)12-5-7-13(15)8-6-12/h9-13,15H,1-8H2. The average molecular weight is 210 g/mol.